The second kappa shape index (κ2) is 6.99. The molecule has 1 fully saturated rings. The molecule has 0 amide bonds. The van der Waals surface area contributed by atoms with Crippen LogP contribution in [0, 0.1) is 12.6 Å². The average molecular weight is 220 g/mol. The van der Waals surface area contributed by atoms with Gasteiger partial charge in [0, 0.05) is 12.4 Å². The molecule has 0 aromatic carbocycles. The Morgan fingerprint density at radius 1 is 1.19 bits per heavy atom. The molecular weight excluding hydrogens is 204 g/mol. The number of hydrogen-bond acceptors (Lipinski definition) is 3. The second-order valence-electron chi connectivity index (χ2n) is 4.03. The molecule has 0 aliphatic heterocycles. The molecule has 86 valence electrons. The molecule has 1 heterocycles. The van der Waals surface area contributed by atoms with E-state index in [0.717, 1.165) is 18.8 Å². The van der Waals surface area contributed by atoms with Crippen molar-refractivity contribution >= 4 is 0 Å². The molecule has 0 saturated heterocycles. The monoisotopic (exact) mass is 220 g/mol. The van der Waals surface area contributed by atoms with Crippen molar-refractivity contribution in [3.8, 4) is 6.01 Å². The molecule has 16 heavy (non-hydrogen) atoms. The molecule has 1 aliphatic rings. The van der Waals surface area contributed by atoms with Crippen molar-refractivity contribution in [2.75, 3.05) is 0 Å². The van der Waals surface area contributed by atoms with E-state index in [1.807, 2.05) is 0 Å². The van der Waals surface area contributed by atoms with E-state index in [4.69, 9.17) is 9.39 Å². The Morgan fingerprint density at radius 3 is 2.31 bits per heavy atom. The third-order valence-corrected chi connectivity index (χ3v) is 2.78. The van der Waals surface area contributed by atoms with Crippen LogP contribution < -0.4 is 4.74 Å². The molecule has 0 N–H and O–H groups in total. The average Bonchev–Trinajstić information content (AvgIpc) is 2.36. The number of hydrogen-bond donors (Lipinski definition) is 0. The Bertz CT molecular complexity index is 305. The van der Waals surface area contributed by atoms with Crippen LogP contribution in [0.4, 0.5) is 0 Å². The fourth-order valence-corrected chi connectivity index (χ4v) is 1.84. The van der Waals surface area contributed by atoms with E-state index in [0.29, 0.717) is 12.1 Å². The first-order chi connectivity index (χ1) is 7.84. The van der Waals surface area contributed by atoms with Gasteiger partial charge in [0.25, 0.3) is 0 Å². The third kappa shape index (κ3) is 4.01. The van der Waals surface area contributed by atoms with Crippen LogP contribution in [0.3, 0.4) is 0 Å². The number of rotatable bonds is 2. The zero-order valence-electron chi connectivity index (χ0n) is 9.43. The zero-order chi connectivity index (χ0) is 11.8. The molecule has 0 spiro atoms. The van der Waals surface area contributed by atoms with Crippen molar-refractivity contribution in [3.63, 3.8) is 0 Å². The first kappa shape index (κ1) is 12.7. The van der Waals surface area contributed by atoms with E-state index < -0.39 is 0 Å². The van der Waals surface area contributed by atoms with Crippen LogP contribution in [0.5, 0.6) is 6.01 Å². The van der Waals surface area contributed by atoms with Gasteiger partial charge in [-0.05, 0) is 37.7 Å². The molecule has 1 aromatic rings. The van der Waals surface area contributed by atoms with Gasteiger partial charge in [0.15, 0.2) is 0 Å². The molecule has 1 aromatic heterocycles. The van der Waals surface area contributed by atoms with Crippen molar-refractivity contribution in [2.45, 2.75) is 38.7 Å². The fourth-order valence-electron chi connectivity index (χ4n) is 1.84. The topological polar surface area (TPSA) is 54.9 Å². The van der Waals surface area contributed by atoms with Gasteiger partial charge in [-0.15, -0.1) is 0 Å². The third-order valence-electron chi connectivity index (χ3n) is 2.78. The maximum absolute atomic E-state index is 7.50. The predicted molar refractivity (Wildman–Crippen MR) is 58.0 cm³/mol. The van der Waals surface area contributed by atoms with Gasteiger partial charge >= 0.3 is 17.3 Å². The van der Waals surface area contributed by atoms with Crippen molar-refractivity contribution in [3.05, 3.63) is 25.1 Å². The van der Waals surface area contributed by atoms with E-state index in [-0.39, 0.29) is 0 Å². The minimum absolute atomic E-state index is 0.327. The van der Waals surface area contributed by atoms with Crippen molar-refractivity contribution in [1.29, 1.82) is 0 Å². The molecule has 0 atom stereocenters. The number of aromatic nitrogens is 2. The Kier molecular flexibility index (Phi) is 5.54. The minimum atomic E-state index is 0.327. The Morgan fingerprint density at radius 2 is 1.75 bits per heavy atom. The van der Waals surface area contributed by atoms with E-state index in [1.165, 1.54) is 12.8 Å². The SMILES string of the molecule is CC1CCC(Oc2ncccn2)CC1.[C-]#[O+]. The van der Waals surface area contributed by atoms with Crippen LogP contribution >= 0.6 is 0 Å². The summed E-state index contributed by atoms with van der Waals surface area (Å²) < 4.78 is 13.2. The van der Waals surface area contributed by atoms with Gasteiger partial charge in [-0.3, -0.25) is 0 Å². The normalized spacial score (nSPS) is 23.9. The molecule has 4 heteroatoms. The summed E-state index contributed by atoms with van der Waals surface area (Å²) in [5.74, 6) is 0.853. The quantitative estimate of drug-likeness (QED) is 0.568. The first-order valence-corrected chi connectivity index (χ1v) is 5.48. The van der Waals surface area contributed by atoms with Crippen molar-refractivity contribution in [1.82, 2.24) is 9.97 Å². The van der Waals surface area contributed by atoms with Crippen molar-refractivity contribution < 1.29 is 9.39 Å². The summed E-state index contributed by atoms with van der Waals surface area (Å²) in [4.78, 5) is 8.12. The van der Waals surface area contributed by atoms with Gasteiger partial charge < -0.3 is 4.74 Å². The van der Waals surface area contributed by atoms with E-state index >= 15 is 0 Å². The first-order valence-electron chi connectivity index (χ1n) is 5.48. The molecule has 1 saturated carbocycles. The summed E-state index contributed by atoms with van der Waals surface area (Å²) in [5, 5.41) is 0. The maximum atomic E-state index is 7.50. The summed E-state index contributed by atoms with van der Waals surface area (Å²) >= 11 is 0. The van der Waals surface area contributed by atoms with E-state index in [9.17, 15) is 0 Å². The number of ether oxygens (including phenoxy) is 1. The Balaban J connectivity index is 0.000000606. The molecule has 1 aliphatic carbocycles. The summed E-state index contributed by atoms with van der Waals surface area (Å²) in [6.07, 6.45) is 8.56. The standard InChI is InChI=1S/C11H16N2O.CO/c1-9-3-5-10(6-4-9)14-11-12-7-2-8-13-11;1-2/h2,7-10H,3-6H2,1H3;. The van der Waals surface area contributed by atoms with Gasteiger partial charge in [-0.25, -0.2) is 9.97 Å². The van der Waals surface area contributed by atoms with Gasteiger partial charge in [0.2, 0.25) is 0 Å². The van der Waals surface area contributed by atoms with Gasteiger partial charge in [0.1, 0.15) is 6.10 Å². The van der Waals surface area contributed by atoms with Gasteiger partial charge in [0.05, 0.1) is 0 Å². The second-order valence-corrected chi connectivity index (χ2v) is 4.03. The molecule has 0 unspecified atom stereocenters. The summed E-state index contributed by atoms with van der Waals surface area (Å²) in [7, 11) is 0. The van der Waals surface area contributed by atoms with Crippen LogP contribution in [0.25, 0.3) is 0 Å². The van der Waals surface area contributed by atoms with Crippen LogP contribution in [0.1, 0.15) is 32.6 Å². The van der Waals surface area contributed by atoms with E-state index in [2.05, 4.69) is 23.5 Å². The summed E-state index contributed by atoms with van der Waals surface area (Å²) in [5.41, 5.74) is 0. The zero-order valence-corrected chi connectivity index (χ0v) is 9.43. The van der Waals surface area contributed by atoms with Gasteiger partial charge in [-0.1, -0.05) is 6.92 Å². The Hall–Kier alpha value is -1.38. The van der Waals surface area contributed by atoms with Gasteiger partial charge in [-0.2, -0.15) is 0 Å². The molecule has 2 rings (SSSR count). The van der Waals surface area contributed by atoms with Crippen molar-refractivity contribution in [2.24, 2.45) is 5.92 Å². The Labute approximate surface area is 95.8 Å². The van der Waals surface area contributed by atoms with Crippen LogP contribution in [-0.2, 0) is 4.65 Å². The molecular formula is C12H16N2O2. The molecule has 4 nitrogen and oxygen atoms in total. The molecule has 0 bridgehead atoms. The summed E-state index contributed by atoms with van der Waals surface area (Å²) in [6.45, 7) is 6.80. The number of nitrogens with zero attached hydrogens (tertiary/aromatic N) is 2. The summed E-state index contributed by atoms with van der Waals surface area (Å²) in [6, 6.07) is 2.32. The van der Waals surface area contributed by atoms with E-state index in [1.54, 1.807) is 18.5 Å². The van der Waals surface area contributed by atoms with Crippen LogP contribution in [0.15, 0.2) is 18.5 Å². The predicted octanol–water partition coefficient (Wildman–Crippen LogP) is 2.40. The van der Waals surface area contributed by atoms with Crippen LogP contribution in [0.2, 0.25) is 0 Å². The van der Waals surface area contributed by atoms with Crippen LogP contribution in [-0.4, -0.2) is 16.1 Å². The molecule has 0 radical (unpaired) electrons. The fraction of sp³-hybridized carbons (Fsp3) is 0.583.